The van der Waals surface area contributed by atoms with Crippen LogP contribution in [-0.2, 0) is 6.54 Å². The molecule has 2 rings (SSSR count). The van der Waals surface area contributed by atoms with E-state index in [4.69, 9.17) is 0 Å². The van der Waals surface area contributed by atoms with Crippen molar-refractivity contribution in [2.75, 3.05) is 5.32 Å². The highest BCUT2D eigenvalue weighted by atomic mass is 79.9. The minimum atomic E-state index is -0.0248. The number of hydrogen-bond acceptors (Lipinski definition) is 3. The Kier molecular flexibility index (Phi) is 5.02. The second-order valence-electron chi connectivity index (χ2n) is 5.34. The average Bonchev–Trinajstić information content (AvgIpc) is 3.21. The van der Waals surface area contributed by atoms with E-state index in [1.165, 1.54) is 12.8 Å². The average molecular weight is 328 g/mol. The fourth-order valence-electron chi connectivity index (χ4n) is 2.19. The Morgan fingerprint density at radius 3 is 2.84 bits per heavy atom. The second-order valence-corrected chi connectivity index (χ2v) is 6.13. The Hall–Kier alpha value is -0.840. The second kappa shape index (κ2) is 6.55. The topological polar surface area (TPSA) is 46.9 Å². The number of aromatic nitrogens is 2. The molecular weight excluding hydrogens is 306 g/mol. The van der Waals surface area contributed by atoms with Crippen LogP contribution >= 0.6 is 15.9 Å². The maximum Gasteiger partial charge on any atom is 0.283 e. The van der Waals surface area contributed by atoms with Crippen LogP contribution in [-0.4, -0.2) is 15.8 Å². The lowest BCUT2D eigenvalue weighted by atomic mass is 10.1. The van der Waals surface area contributed by atoms with Gasteiger partial charge in [0.05, 0.1) is 11.9 Å². The molecule has 0 bridgehead atoms. The van der Waals surface area contributed by atoms with Crippen molar-refractivity contribution in [2.45, 2.75) is 58.5 Å². The van der Waals surface area contributed by atoms with Gasteiger partial charge in [0.2, 0.25) is 0 Å². The van der Waals surface area contributed by atoms with Gasteiger partial charge < -0.3 is 5.32 Å². The first-order valence-corrected chi connectivity index (χ1v) is 7.97. The third-order valence-corrected chi connectivity index (χ3v) is 4.37. The zero-order valence-corrected chi connectivity index (χ0v) is 13.2. The summed E-state index contributed by atoms with van der Waals surface area (Å²) in [6, 6.07) is 0.404. The molecule has 0 amide bonds. The smallest absolute Gasteiger partial charge is 0.283 e. The molecule has 0 aliphatic heterocycles. The Morgan fingerprint density at radius 2 is 2.26 bits per heavy atom. The summed E-state index contributed by atoms with van der Waals surface area (Å²) in [6.45, 7) is 5.08. The first kappa shape index (κ1) is 14.6. The van der Waals surface area contributed by atoms with Crippen LogP contribution in [0.1, 0.15) is 46.0 Å². The summed E-state index contributed by atoms with van der Waals surface area (Å²) in [4.78, 5) is 12.2. The van der Waals surface area contributed by atoms with Crippen LogP contribution in [0.5, 0.6) is 0 Å². The van der Waals surface area contributed by atoms with E-state index in [2.05, 4.69) is 40.2 Å². The monoisotopic (exact) mass is 327 g/mol. The molecule has 0 aromatic carbocycles. The summed E-state index contributed by atoms with van der Waals surface area (Å²) in [6.07, 6.45) is 7.50. The first-order valence-electron chi connectivity index (χ1n) is 7.17. The summed E-state index contributed by atoms with van der Waals surface area (Å²) in [5.41, 5.74) is 0.792. The molecule has 1 aromatic heterocycles. The molecule has 19 heavy (non-hydrogen) atoms. The molecule has 1 unspecified atom stereocenters. The molecule has 1 aliphatic rings. The Balaban J connectivity index is 2.12. The number of rotatable bonds is 7. The molecular formula is C14H22BrN3O. The predicted octanol–water partition coefficient (Wildman–Crippen LogP) is 3.41. The van der Waals surface area contributed by atoms with E-state index >= 15 is 0 Å². The van der Waals surface area contributed by atoms with E-state index in [0.717, 1.165) is 31.5 Å². The quantitative estimate of drug-likeness (QED) is 0.834. The molecule has 0 saturated heterocycles. The molecule has 1 aliphatic carbocycles. The number of halogens is 1. The van der Waals surface area contributed by atoms with Crippen LogP contribution in [0.4, 0.5) is 5.69 Å². The summed E-state index contributed by atoms with van der Waals surface area (Å²) < 4.78 is 2.19. The molecule has 0 spiro atoms. The van der Waals surface area contributed by atoms with Crippen molar-refractivity contribution >= 4 is 21.6 Å². The number of nitrogens with zero attached hydrogens (tertiary/aromatic N) is 2. The summed E-state index contributed by atoms with van der Waals surface area (Å²) in [5.74, 6) is 0.652. The van der Waals surface area contributed by atoms with E-state index in [-0.39, 0.29) is 5.56 Å². The van der Waals surface area contributed by atoms with E-state index in [0.29, 0.717) is 16.4 Å². The largest absolute Gasteiger partial charge is 0.380 e. The normalized spacial score (nSPS) is 16.4. The van der Waals surface area contributed by atoms with Gasteiger partial charge in [-0.15, -0.1) is 0 Å². The zero-order chi connectivity index (χ0) is 13.8. The van der Waals surface area contributed by atoms with Gasteiger partial charge >= 0.3 is 0 Å². The van der Waals surface area contributed by atoms with Gasteiger partial charge in [0.1, 0.15) is 4.47 Å². The van der Waals surface area contributed by atoms with Gasteiger partial charge in [-0.3, -0.25) is 4.79 Å². The fraction of sp³-hybridized carbons (Fsp3) is 0.714. The Morgan fingerprint density at radius 1 is 1.53 bits per heavy atom. The van der Waals surface area contributed by atoms with Gasteiger partial charge in [0.15, 0.2) is 0 Å². The van der Waals surface area contributed by atoms with Crippen molar-refractivity contribution in [1.82, 2.24) is 9.78 Å². The highest BCUT2D eigenvalue weighted by Gasteiger charge is 2.23. The summed E-state index contributed by atoms with van der Waals surface area (Å²) >= 11 is 3.41. The Bertz CT molecular complexity index is 482. The van der Waals surface area contributed by atoms with E-state index in [1.807, 2.05) is 0 Å². The van der Waals surface area contributed by atoms with E-state index in [1.54, 1.807) is 10.9 Å². The summed E-state index contributed by atoms with van der Waals surface area (Å²) in [7, 11) is 0. The maximum atomic E-state index is 12.2. The van der Waals surface area contributed by atoms with Crippen LogP contribution in [0, 0.1) is 5.92 Å². The summed E-state index contributed by atoms with van der Waals surface area (Å²) in [5, 5.41) is 7.69. The molecule has 1 N–H and O–H groups in total. The van der Waals surface area contributed by atoms with Crippen LogP contribution in [0.3, 0.4) is 0 Å². The Labute approximate surface area is 122 Å². The lowest BCUT2D eigenvalue weighted by Gasteiger charge is -2.18. The minimum Gasteiger partial charge on any atom is -0.380 e. The molecule has 5 heteroatoms. The van der Waals surface area contributed by atoms with Gasteiger partial charge in [-0.25, -0.2) is 4.68 Å². The van der Waals surface area contributed by atoms with Crippen LogP contribution in [0.15, 0.2) is 15.5 Å². The predicted molar refractivity (Wildman–Crippen MR) is 81.5 cm³/mol. The molecule has 106 valence electrons. The standard InChI is InChI=1S/C14H22BrN3O/c1-3-5-11(4-2)17-12-8-16-18(9-10-6-7-10)14(19)13(12)15/h8,10-11,17H,3-7,9H2,1-2H3. The minimum absolute atomic E-state index is 0.0248. The number of anilines is 1. The number of nitrogens with one attached hydrogen (secondary N) is 1. The lowest BCUT2D eigenvalue weighted by molar-refractivity contribution is 0.530. The first-order chi connectivity index (χ1) is 9.15. The van der Waals surface area contributed by atoms with Gasteiger partial charge in [-0.05, 0) is 47.5 Å². The van der Waals surface area contributed by atoms with Gasteiger partial charge in [-0.1, -0.05) is 20.3 Å². The lowest BCUT2D eigenvalue weighted by Crippen LogP contribution is -2.27. The molecule has 0 radical (unpaired) electrons. The SMILES string of the molecule is CCCC(CC)Nc1cnn(CC2CC2)c(=O)c1Br. The van der Waals surface area contributed by atoms with Gasteiger partial charge in [0, 0.05) is 12.6 Å². The zero-order valence-electron chi connectivity index (χ0n) is 11.7. The highest BCUT2D eigenvalue weighted by molar-refractivity contribution is 9.10. The molecule has 1 fully saturated rings. The van der Waals surface area contributed by atoms with Crippen LogP contribution in [0.2, 0.25) is 0 Å². The van der Waals surface area contributed by atoms with Crippen molar-refractivity contribution in [3.05, 3.63) is 21.0 Å². The maximum absolute atomic E-state index is 12.2. The van der Waals surface area contributed by atoms with Crippen LogP contribution < -0.4 is 10.9 Å². The van der Waals surface area contributed by atoms with Crippen molar-refractivity contribution in [1.29, 1.82) is 0 Å². The molecule has 1 aromatic rings. The molecule has 1 heterocycles. The molecule has 4 nitrogen and oxygen atoms in total. The molecule has 1 atom stereocenters. The van der Waals surface area contributed by atoms with E-state index in [9.17, 15) is 4.79 Å². The third kappa shape index (κ3) is 3.81. The van der Waals surface area contributed by atoms with Crippen molar-refractivity contribution < 1.29 is 0 Å². The molecule has 1 saturated carbocycles. The van der Waals surface area contributed by atoms with Crippen molar-refractivity contribution in [2.24, 2.45) is 5.92 Å². The van der Waals surface area contributed by atoms with Gasteiger partial charge in [0.25, 0.3) is 5.56 Å². The van der Waals surface area contributed by atoms with E-state index < -0.39 is 0 Å². The number of hydrogen-bond donors (Lipinski definition) is 1. The van der Waals surface area contributed by atoms with Gasteiger partial charge in [-0.2, -0.15) is 5.10 Å². The third-order valence-electron chi connectivity index (χ3n) is 3.60. The van der Waals surface area contributed by atoms with Crippen LogP contribution in [0.25, 0.3) is 0 Å². The van der Waals surface area contributed by atoms with Crippen molar-refractivity contribution in [3.63, 3.8) is 0 Å². The highest BCUT2D eigenvalue weighted by Crippen LogP contribution is 2.30. The van der Waals surface area contributed by atoms with Crippen molar-refractivity contribution in [3.8, 4) is 0 Å². The fourth-order valence-corrected chi connectivity index (χ4v) is 2.61.